The maximum Gasteiger partial charge on any atom is 0.246 e. The monoisotopic (exact) mass is 895 g/mol. The molecule has 0 saturated carbocycles. The van der Waals surface area contributed by atoms with Crippen LogP contribution in [0.25, 0.3) is 0 Å². The molecular formula is C48H78N8O8. The fourth-order valence-corrected chi connectivity index (χ4v) is 8.85. The summed E-state index contributed by atoms with van der Waals surface area (Å²) in [6.07, 6.45) is 1.45. The molecule has 0 unspecified atom stereocenters. The number of likely N-dealkylation sites (N-methyl/N-ethyl adjacent to an activating group) is 4. The number of carbonyl (C=O) groups excluding carboxylic acids is 8. The Labute approximate surface area is 381 Å². The van der Waals surface area contributed by atoms with E-state index in [1.54, 1.807) is 41.5 Å². The van der Waals surface area contributed by atoms with Gasteiger partial charge in [-0.3, -0.25) is 38.4 Å². The van der Waals surface area contributed by atoms with E-state index in [0.717, 1.165) is 5.56 Å². The lowest BCUT2D eigenvalue weighted by molar-refractivity contribution is -0.152. The first-order valence-corrected chi connectivity index (χ1v) is 23.1. The van der Waals surface area contributed by atoms with Gasteiger partial charge >= 0.3 is 0 Å². The predicted octanol–water partition coefficient (Wildman–Crippen LogP) is 3.08. The van der Waals surface area contributed by atoms with Crippen LogP contribution in [-0.4, -0.2) is 155 Å². The highest BCUT2D eigenvalue weighted by Gasteiger charge is 2.45. The molecule has 8 atom stereocenters. The zero-order chi connectivity index (χ0) is 48.5. The lowest BCUT2D eigenvalue weighted by Crippen LogP contribution is -2.63. The third-order valence-corrected chi connectivity index (χ3v) is 12.7. The largest absolute Gasteiger partial charge is 0.343 e. The summed E-state index contributed by atoms with van der Waals surface area (Å²) in [4.78, 5) is 122. The first-order valence-electron chi connectivity index (χ1n) is 23.1. The number of nitrogens with one attached hydrogen (secondary N) is 3. The van der Waals surface area contributed by atoms with Crippen molar-refractivity contribution in [2.75, 3.05) is 34.7 Å². The molecule has 16 heteroatoms. The molecule has 2 heterocycles. The number of rotatable bonds is 9. The second-order valence-corrected chi connectivity index (χ2v) is 19.9. The van der Waals surface area contributed by atoms with E-state index in [-0.39, 0.29) is 37.6 Å². The molecule has 3 N–H and O–H groups in total. The maximum absolute atomic E-state index is 14.6. The molecule has 0 radical (unpaired) electrons. The van der Waals surface area contributed by atoms with Crippen molar-refractivity contribution in [3.05, 3.63) is 35.9 Å². The number of benzene rings is 1. The number of fused-ring (bicyclic) bond motifs is 1. The number of nitrogens with zero attached hydrogens (tertiary/aromatic N) is 5. The van der Waals surface area contributed by atoms with Crippen LogP contribution < -0.4 is 16.0 Å². The van der Waals surface area contributed by atoms with Gasteiger partial charge < -0.3 is 40.4 Å². The average Bonchev–Trinajstić information content (AvgIpc) is 3.72. The summed E-state index contributed by atoms with van der Waals surface area (Å²) < 4.78 is 0. The molecule has 3 rings (SSSR count). The first kappa shape index (κ1) is 53.3. The van der Waals surface area contributed by atoms with E-state index < -0.39 is 113 Å². The van der Waals surface area contributed by atoms with Crippen LogP contribution in [0.2, 0.25) is 0 Å². The van der Waals surface area contributed by atoms with Crippen LogP contribution in [0, 0.1) is 29.6 Å². The van der Waals surface area contributed by atoms with Crippen molar-refractivity contribution in [1.29, 1.82) is 0 Å². The van der Waals surface area contributed by atoms with Gasteiger partial charge in [0, 0.05) is 41.2 Å². The van der Waals surface area contributed by atoms with Crippen molar-refractivity contribution in [2.24, 2.45) is 29.6 Å². The van der Waals surface area contributed by atoms with Crippen LogP contribution >= 0.6 is 0 Å². The number of carbonyl (C=O) groups is 8. The Hall–Kier alpha value is -5.02. The number of hydrogen-bond donors (Lipinski definition) is 3. The SMILES string of the molecule is CC(C)C[C@H]1C(=O)N[C@@H](C(C)C)C(=O)N2CCC[C@H]2C(=O)N(C)[C@@H](Cc2ccccc2)C(=O)N[C@@H](C)C(=O)N(C)[C@@H](C(C)C)C(=O)N(C)[C@@H](CC(C)C)C(=O)N[C@@H](C(C)C)C(=O)N1C. The molecule has 1 aromatic rings. The summed E-state index contributed by atoms with van der Waals surface area (Å²) >= 11 is 0. The molecule has 0 aliphatic carbocycles. The van der Waals surface area contributed by atoms with Gasteiger partial charge in [0.2, 0.25) is 47.3 Å². The second-order valence-electron chi connectivity index (χ2n) is 19.9. The lowest BCUT2D eigenvalue weighted by Gasteiger charge is -2.39. The molecule has 1 aromatic carbocycles. The van der Waals surface area contributed by atoms with Crippen molar-refractivity contribution < 1.29 is 38.4 Å². The van der Waals surface area contributed by atoms with E-state index in [2.05, 4.69) is 16.0 Å². The minimum atomic E-state index is -1.13. The van der Waals surface area contributed by atoms with Crippen molar-refractivity contribution in [3.8, 4) is 0 Å². The van der Waals surface area contributed by atoms with Gasteiger partial charge in [0.15, 0.2) is 0 Å². The van der Waals surface area contributed by atoms with Gasteiger partial charge in [0.25, 0.3) is 0 Å². The highest BCUT2D eigenvalue weighted by molar-refractivity contribution is 5.99. The van der Waals surface area contributed by atoms with Crippen LogP contribution in [0.1, 0.15) is 107 Å². The summed E-state index contributed by atoms with van der Waals surface area (Å²) in [5, 5.41) is 8.69. The van der Waals surface area contributed by atoms with Crippen molar-refractivity contribution in [2.45, 2.75) is 157 Å². The fraction of sp³-hybridized carbons (Fsp3) is 0.708. The third kappa shape index (κ3) is 13.0. The Morgan fingerprint density at radius 2 is 0.984 bits per heavy atom. The van der Waals surface area contributed by atoms with Crippen LogP contribution in [0.5, 0.6) is 0 Å². The topological polar surface area (TPSA) is 189 Å². The van der Waals surface area contributed by atoms with Gasteiger partial charge in [0.05, 0.1) is 0 Å². The highest BCUT2D eigenvalue weighted by Crippen LogP contribution is 2.25. The Kier molecular flexibility index (Phi) is 19.4. The third-order valence-electron chi connectivity index (χ3n) is 12.7. The summed E-state index contributed by atoms with van der Waals surface area (Å²) in [6, 6.07) is 0.766. The molecule has 0 spiro atoms. The van der Waals surface area contributed by atoms with Gasteiger partial charge in [-0.1, -0.05) is 99.6 Å². The van der Waals surface area contributed by atoms with Gasteiger partial charge in [-0.05, 0) is 67.8 Å². The molecular weight excluding hydrogens is 817 g/mol. The molecule has 0 bridgehead atoms. The minimum absolute atomic E-state index is 0.0488. The maximum atomic E-state index is 14.6. The molecule has 2 aliphatic rings. The molecule has 2 fully saturated rings. The lowest BCUT2D eigenvalue weighted by atomic mass is 9.95. The molecule has 64 heavy (non-hydrogen) atoms. The molecule has 8 amide bonds. The van der Waals surface area contributed by atoms with Crippen LogP contribution in [0.4, 0.5) is 0 Å². The number of amides is 8. The quantitative estimate of drug-likeness (QED) is 0.338. The Morgan fingerprint density at radius 3 is 1.45 bits per heavy atom. The first-order chi connectivity index (χ1) is 29.8. The van der Waals surface area contributed by atoms with Gasteiger partial charge in [-0.25, -0.2) is 0 Å². The zero-order valence-corrected chi connectivity index (χ0v) is 41.1. The van der Waals surface area contributed by atoms with Crippen LogP contribution in [0.3, 0.4) is 0 Å². The van der Waals surface area contributed by atoms with E-state index in [9.17, 15) is 38.4 Å². The van der Waals surface area contributed by atoms with E-state index in [1.165, 1.54) is 59.6 Å². The van der Waals surface area contributed by atoms with Crippen LogP contribution in [0.15, 0.2) is 30.3 Å². The summed E-state index contributed by atoms with van der Waals surface area (Å²) in [7, 11) is 6.03. The molecule has 2 aliphatic heterocycles. The average molecular weight is 895 g/mol. The summed E-state index contributed by atoms with van der Waals surface area (Å²) in [5.41, 5.74) is 0.765. The van der Waals surface area contributed by atoms with Gasteiger partial charge in [0.1, 0.15) is 48.3 Å². The van der Waals surface area contributed by atoms with Crippen molar-refractivity contribution in [3.63, 3.8) is 0 Å². The Morgan fingerprint density at radius 1 is 0.531 bits per heavy atom. The minimum Gasteiger partial charge on any atom is -0.343 e. The highest BCUT2D eigenvalue weighted by atomic mass is 16.2. The van der Waals surface area contributed by atoms with Crippen LogP contribution in [-0.2, 0) is 44.8 Å². The van der Waals surface area contributed by atoms with E-state index >= 15 is 0 Å². The summed E-state index contributed by atoms with van der Waals surface area (Å²) in [5.74, 6) is -5.54. The number of hydrogen-bond acceptors (Lipinski definition) is 8. The summed E-state index contributed by atoms with van der Waals surface area (Å²) in [6.45, 7) is 20.2. The van der Waals surface area contributed by atoms with Gasteiger partial charge in [-0.2, -0.15) is 0 Å². The normalized spacial score (nSPS) is 27.2. The predicted molar refractivity (Wildman–Crippen MR) is 246 cm³/mol. The second kappa shape index (κ2) is 23.3. The Bertz CT molecular complexity index is 1820. The molecule has 0 aromatic heterocycles. The van der Waals surface area contributed by atoms with E-state index in [1.807, 2.05) is 58.0 Å². The molecule has 2 saturated heterocycles. The van der Waals surface area contributed by atoms with Gasteiger partial charge in [-0.15, -0.1) is 0 Å². The van der Waals surface area contributed by atoms with Crippen molar-refractivity contribution in [1.82, 2.24) is 40.4 Å². The zero-order valence-electron chi connectivity index (χ0n) is 41.1. The Balaban J connectivity index is 2.24. The van der Waals surface area contributed by atoms with E-state index in [0.29, 0.717) is 12.8 Å². The molecule has 16 nitrogen and oxygen atoms in total. The van der Waals surface area contributed by atoms with E-state index in [4.69, 9.17) is 0 Å². The fourth-order valence-electron chi connectivity index (χ4n) is 8.85. The molecule has 358 valence electrons. The van der Waals surface area contributed by atoms with Crippen molar-refractivity contribution >= 4 is 47.3 Å². The standard InChI is InChI=1S/C48H78N8O8/c1-27(2)24-35-42(58)51-39(30(7)8)47(63)56-23-19-22-34(56)45(61)52(12)37(26-33-20-17-16-18-21-33)41(57)49-32(11)44(60)55(15)40(31(9)10)48(64)54(14)36(25-28(3)4)43(59)50-38(29(5)6)46(62)53(35)13/h16-18,20-21,27-32,34-40H,19,22-26H2,1-15H3,(H,49,57)(H,50,59)(H,51,58)/t32-,34-,35-,36-,37-,38-,39-,40-/m0/s1. The smallest absolute Gasteiger partial charge is 0.246 e.